The highest BCUT2D eigenvalue weighted by Gasteiger charge is 2.02. The molecule has 3 nitrogen and oxygen atoms in total. The number of aromatic nitrogens is 1. The van der Waals surface area contributed by atoms with Crippen molar-refractivity contribution in [3.05, 3.63) is 28.5 Å². The van der Waals surface area contributed by atoms with Gasteiger partial charge in [0.2, 0.25) is 0 Å². The van der Waals surface area contributed by atoms with E-state index >= 15 is 0 Å². The van der Waals surface area contributed by atoms with Crippen LogP contribution in [0.2, 0.25) is 0 Å². The molecule has 11 heavy (non-hydrogen) atoms. The van der Waals surface area contributed by atoms with E-state index < -0.39 is 0 Å². The zero-order valence-corrected chi connectivity index (χ0v) is 7.58. The van der Waals surface area contributed by atoms with Gasteiger partial charge in [-0.3, -0.25) is 0 Å². The quantitative estimate of drug-likeness (QED) is 0.718. The lowest BCUT2D eigenvalue weighted by Gasteiger charge is -2.07. The van der Waals surface area contributed by atoms with Gasteiger partial charge >= 0.3 is 0 Å². The number of hydrogen-bond donors (Lipinski definition) is 2. The molecule has 0 aliphatic heterocycles. The van der Waals surface area contributed by atoms with E-state index in [1.54, 1.807) is 6.20 Å². The highest BCUT2D eigenvalue weighted by atomic mass is 79.9. The van der Waals surface area contributed by atoms with Crippen molar-refractivity contribution in [2.75, 3.05) is 6.54 Å². The first-order valence-electron chi connectivity index (χ1n) is 3.31. The van der Waals surface area contributed by atoms with Gasteiger partial charge in [-0.15, -0.1) is 0 Å². The smallest absolute Gasteiger partial charge is 0.106 e. The maximum atomic E-state index is 5.66. The lowest BCUT2D eigenvalue weighted by atomic mass is 10.1. The van der Waals surface area contributed by atoms with Gasteiger partial charge in [-0.25, -0.2) is 4.98 Å². The minimum absolute atomic E-state index is 0.101. The third kappa shape index (κ3) is 2.25. The summed E-state index contributed by atoms with van der Waals surface area (Å²) in [5.74, 6) is 0. The second kappa shape index (κ2) is 3.80. The molecule has 0 spiro atoms. The summed E-state index contributed by atoms with van der Waals surface area (Å²) in [7, 11) is 0. The SMILES string of the molecule is NCC(N)c1ccc(Br)nc1. The molecule has 0 fully saturated rings. The Labute approximate surface area is 73.9 Å². The van der Waals surface area contributed by atoms with Crippen molar-refractivity contribution in [3.8, 4) is 0 Å². The van der Waals surface area contributed by atoms with Gasteiger partial charge in [-0.1, -0.05) is 6.07 Å². The van der Waals surface area contributed by atoms with E-state index in [0.717, 1.165) is 10.2 Å². The van der Waals surface area contributed by atoms with Crippen LogP contribution in [0.15, 0.2) is 22.9 Å². The molecule has 0 amide bonds. The summed E-state index contributed by atoms with van der Waals surface area (Å²) in [6.45, 7) is 0.448. The van der Waals surface area contributed by atoms with Crippen molar-refractivity contribution >= 4 is 15.9 Å². The van der Waals surface area contributed by atoms with Crippen LogP contribution >= 0.6 is 15.9 Å². The Morgan fingerprint density at radius 1 is 1.55 bits per heavy atom. The highest BCUT2D eigenvalue weighted by Crippen LogP contribution is 2.10. The standard InChI is InChI=1S/C7H10BrN3/c8-7-2-1-5(4-11-7)6(10)3-9/h1-2,4,6H,3,9-10H2. The first-order valence-corrected chi connectivity index (χ1v) is 4.10. The Balaban J connectivity index is 2.81. The van der Waals surface area contributed by atoms with Crippen molar-refractivity contribution in [3.63, 3.8) is 0 Å². The Morgan fingerprint density at radius 3 is 2.73 bits per heavy atom. The Kier molecular flexibility index (Phi) is 2.99. The molecule has 0 saturated heterocycles. The average Bonchev–Trinajstić information content (AvgIpc) is 2.05. The molecule has 1 unspecified atom stereocenters. The van der Waals surface area contributed by atoms with Crippen LogP contribution in [0.4, 0.5) is 0 Å². The van der Waals surface area contributed by atoms with Crippen molar-refractivity contribution in [1.82, 2.24) is 4.98 Å². The normalized spacial score (nSPS) is 13.0. The second-order valence-electron chi connectivity index (χ2n) is 2.26. The van der Waals surface area contributed by atoms with Crippen LogP contribution in [0.3, 0.4) is 0 Å². The summed E-state index contributed by atoms with van der Waals surface area (Å²) in [6, 6.07) is 3.66. The molecule has 1 heterocycles. The Bertz CT molecular complexity index is 222. The molecule has 0 aliphatic rings. The fourth-order valence-electron chi connectivity index (χ4n) is 0.743. The number of hydrogen-bond acceptors (Lipinski definition) is 3. The fourth-order valence-corrected chi connectivity index (χ4v) is 0.977. The van der Waals surface area contributed by atoms with Crippen LogP contribution < -0.4 is 11.5 Å². The molecule has 60 valence electrons. The summed E-state index contributed by atoms with van der Waals surface area (Å²) in [6.07, 6.45) is 1.72. The number of nitrogens with zero attached hydrogens (tertiary/aromatic N) is 1. The minimum Gasteiger partial charge on any atom is -0.329 e. The minimum atomic E-state index is -0.101. The van der Waals surface area contributed by atoms with Gasteiger partial charge in [0.05, 0.1) is 0 Å². The zero-order valence-electron chi connectivity index (χ0n) is 6.00. The number of nitrogens with two attached hydrogens (primary N) is 2. The molecule has 0 aromatic carbocycles. The van der Waals surface area contributed by atoms with Gasteiger partial charge < -0.3 is 11.5 Å². The molecule has 0 bridgehead atoms. The lowest BCUT2D eigenvalue weighted by molar-refractivity contribution is 0.732. The number of pyridine rings is 1. The molecule has 4 heteroatoms. The second-order valence-corrected chi connectivity index (χ2v) is 3.07. The van der Waals surface area contributed by atoms with E-state index in [0.29, 0.717) is 6.54 Å². The molecular formula is C7H10BrN3. The van der Waals surface area contributed by atoms with E-state index in [4.69, 9.17) is 11.5 Å². The van der Waals surface area contributed by atoms with Crippen LogP contribution in [-0.2, 0) is 0 Å². The van der Waals surface area contributed by atoms with Gasteiger partial charge in [0.1, 0.15) is 4.60 Å². The Hall–Kier alpha value is -0.450. The zero-order chi connectivity index (χ0) is 8.27. The first-order chi connectivity index (χ1) is 5.24. The highest BCUT2D eigenvalue weighted by molar-refractivity contribution is 9.10. The van der Waals surface area contributed by atoms with Crippen LogP contribution in [0.25, 0.3) is 0 Å². The first kappa shape index (κ1) is 8.64. The van der Waals surface area contributed by atoms with Crippen LogP contribution in [0.1, 0.15) is 11.6 Å². The third-order valence-electron chi connectivity index (χ3n) is 1.43. The monoisotopic (exact) mass is 215 g/mol. The summed E-state index contributed by atoms with van der Waals surface area (Å²) in [4.78, 5) is 4.03. The maximum Gasteiger partial charge on any atom is 0.106 e. The van der Waals surface area contributed by atoms with E-state index in [1.807, 2.05) is 12.1 Å². The predicted octanol–water partition coefficient (Wildman–Crippen LogP) is 0.803. The molecule has 0 saturated carbocycles. The summed E-state index contributed by atoms with van der Waals surface area (Å²) in [5, 5.41) is 0. The van der Waals surface area contributed by atoms with Gasteiger partial charge in [-0.2, -0.15) is 0 Å². The molecular weight excluding hydrogens is 206 g/mol. The van der Waals surface area contributed by atoms with Gasteiger partial charge in [0.15, 0.2) is 0 Å². The van der Waals surface area contributed by atoms with E-state index in [2.05, 4.69) is 20.9 Å². The molecule has 1 rings (SSSR count). The molecule has 0 aliphatic carbocycles. The summed E-state index contributed by atoms with van der Waals surface area (Å²) in [5.41, 5.74) is 12.0. The van der Waals surface area contributed by atoms with Crippen LogP contribution in [0.5, 0.6) is 0 Å². The Morgan fingerprint density at radius 2 is 2.27 bits per heavy atom. The lowest BCUT2D eigenvalue weighted by Crippen LogP contribution is -2.20. The van der Waals surface area contributed by atoms with Crippen LogP contribution in [0, 0.1) is 0 Å². The van der Waals surface area contributed by atoms with E-state index in [1.165, 1.54) is 0 Å². The predicted molar refractivity (Wildman–Crippen MR) is 47.9 cm³/mol. The molecule has 0 radical (unpaired) electrons. The van der Waals surface area contributed by atoms with Crippen LogP contribution in [-0.4, -0.2) is 11.5 Å². The number of rotatable bonds is 2. The number of halogens is 1. The van der Waals surface area contributed by atoms with Gasteiger partial charge in [-0.05, 0) is 27.6 Å². The topological polar surface area (TPSA) is 64.9 Å². The molecule has 4 N–H and O–H groups in total. The van der Waals surface area contributed by atoms with Crippen molar-refractivity contribution in [1.29, 1.82) is 0 Å². The van der Waals surface area contributed by atoms with Gasteiger partial charge in [0.25, 0.3) is 0 Å². The molecule has 1 aromatic rings. The average molecular weight is 216 g/mol. The van der Waals surface area contributed by atoms with Crippen molar-refractivity contribution < 1.29 is 0 Å². The summed E-state index contributed by atoms with van der Waals surface area (Å²) >= 11 is 3.23. The fraction of sp³-hybridized carbons (Fsp3) is 0.286. The molecule has 1 atom stereocenters. The van der Waals surface area contributed by atoms with Crippen molar-refractivity contribution in [2.45, 2.75) is 6.04 Å². The van der Waals surface area contributed by atoms with E-state index in [-0.39, 0.29) is 6.04 Å². The largest absolute Gasteiger partial charge is 0.329 e. The van der Waals surface area contributed by atoms with Crippen molar-refractivity contribution in [2.24, 2.45) is 11.5 Å². The molecule has 1 aromatic heterocycles. The van der Waals surface area contributed by atoms with Gasteiger partial charge in [0, 0.05) is 18.8 Å². The maximum absolute atomic E-state index is 5.66. The summed E-state index contributed by atoms with van der Waals surface area (Å²) < 4.78 is 0.811. The van der Waals surface area contributed by atoms with E-state index in [9.17, 15) is 0 Å². The third-order valence-corrected chi connectivity index (χ3v) is 1.90.